The molecule has 2 N–H and O–H groups in total. The third kappa shape index (κ3) is 3.52. The zero-order valence-electron chi connectivity index (χ0n) is 12.9. The zero-order chi connectivity index (χ0) is 16.1. The highest BCUT2D eigenvalue weighted by Gasteiger charge is 2.03. The minimum absolute atomic E-state index is 0.0434. The fourth-order valence-electron chi connectivity index (χ4n) is 2.41. The molecule has 1 heterocycles. The smallest absolute Gasteiger partial charge is 0.124 e. The zero-order valence-corrected chi connectivity index (χ0v) is 12.9. The predicted octanol–water partition coefficient (Wildman–Crippen LogP) is 2.99. The summed E-state index contributed by atoms with van der Waals surface area (Å²) in [4.78, 5) is 4.05. The summed E-state index contributed by atoms with van der Waals surface area (Å²) in [5, 5.41) is 12.7. The van der Waals surface area contributed by atoms with E-state index in [1.807, 2.05) is 29.0 Å². The Hall–Kier alpha value is -2.79. The van der Waals surface area contributed by atoms with Crippen LogP contribution in [0.2, 0.25) is 0 Å². The number of rotatable bonds is 6. The number of methoxy groups -OCH3 is 1. The van der Waals surface area contributed by atoms with Crippen LogP contribution in [0.1, 0.15) is 11.1 Å². The van der Waals surface area contributed by atoms with Crippen molar-refractivity contribution in [3.05, 3.63) is 72.3 Å². The van der Waals surface area contributed by atoms with Crippen LogP contribution in [0.4, 0.5) is 5.69 Å². The van der Waals surface area contributed by atoms with E-state index in [0.717, 1.165) is 16.9 Å². The number of hydrogen-bond donors (Lipinski definition) is 2. The molecule has 3 aromatic rings. The molecule has 0 bridgehead atoms. The van der Waals surface area contributed by atoms with Crippen LogP contribution in [-0.2, 0) is 13.2 Å². The number of nitrogens with zero attached hydrogens (tertiary/aromatic N) is 2. The third-order valence-corrected chi connectivity index (χ3v) is 3.69. The minimum atomic E-state index is -0.0434. The molecule has 1 aromatic heterocycles. The van der Waals surface area contributed by atoms with Crippen LogP contribution >= 0.6 is 0 Å². The maximum absolute atomic E-state index is 9.37. The molecule has 23 heavy (non-hydrogen) atoms. The van der Waals surface area contributed by atoms with Gasteiger partial charge in [0, 0.05) is 35.9 Å². The van der Waals surface area contributed by atoms with Gasteiger partial charge in [0.25, 0.3) is 0 Å². The standard InChI is InChI=1S/C18H19N3O2/c1-23-18-7-4-16(10-15(18)12-22)20-11-14-2-5-17(6-3-14)21-9-8-19-13-21/h2-10,13,20,22H,11-12H2,1H3. The number of aromatic nitrogens is 2. The van der Waals surface area contributed by atoms with Gasteiger partial charge in [0.15, 0.2) is 0 Å². The van der Waals surface area contributed by atoms with E-state index >= 15 is 0 Å². The van der Waals surface area contributed by atoms with Gasteiger partial charge >= 0.3 is 0 Å². The van der Waals surface area contributed by atoms with Crippen molar-refractivity contribution in [2.75, 3.05) is 12.4 Å². The predicted molar refractivity (Wildman–Crippen MR) is 89.8 cm³/mol. The van der Waals surface area contributed by atoms with Gasteiger partial charge in [-0.3, -0.25) is 0 Å². The average molecular weight is 309 g/mol. The van der Waals surface area contributed by atoms with Crippen molar-refractivity contribution in [3.8, 4) is 11.4 Å². The Kier molecular flexibility index (Phi) is 4.59. The van der Waals surface area contributed by atoms with Crippen molar-refractivity contribution in [1.82, 2.24) is 9.55 Å². The SMILES string of the molecule is COc1ccc(NCc2ccc(-n3ccnc3)cc2)cc1CO. The Morgan fingerprint density at radius 2 is 2.00 bits per heavy atom. The molecule has 5 nitrogen and oxygen atoms in total. The molecule has 5 heteroatoms. The molecule has 0 unspecified atom stereocenters. The second-order valence-corrected chi connectivity index (χ2v) is 5.17. The van der Waals surface area contributed by atoms with Gasteiger partial charge in [0.1, 0.15) is 5.75 Å². The van der Waals surface area contributed by atoms with E-state index in [1.54, 1.807) is 19.6 Å². The summed E-state index contributed by atoms with van der Waals surface area (Å²) in [6, 6.07) is 14.0. The maximum atomic E-state index is 9.37. The van der Waals surface area contributed by atoms with Gasteiger partial charge in [0.2, 0.25) is 0 Å². The first kappa shape index (κ1) is 15.1. The normalized spacial score (nSPS) is 10.5. The molecule has 0 saturated heterocycles. The third-order valence-electron chi connectivity index (χ3n) is 3.69. The molecule has 118 valence electrons. The van der Waals surface area contributed by atoms with Gasteiger partial charge in [0.05, 0.1) is 20.0 Å². The van der Waals surface area contributed by atoms with Crippen molar-refractivity contribution in [2.45, 2.75) is 13.2 Å². The molecule has 0 aliphatic rings. The van der Waals surface area contributed by atoms with Crippen molar-refractivity contribution in [1.29, 1.82) is 0 Å². The highest BCUT2D eigenvalue weighted by atomic mass is 16.5. The van der Waals surface area contributed by atoms with Crippen LogP contribution in [0.25, 0.3) is 5.69 Å². The van der Waals surface area contributed by atoms with Crippen LogP contribution < -0.4 is 10.1 Å². The van der Waals surface area contributed by atoms with Gasteiger partial charge in [-0.15, -0.1) is 0 Å². The quantitative estimate of drug-likeness (QED) is 0.735. The average Bonchev–Trinajstić information content (AvgIpc) is 3.14. The molecular formula is C18H19N3O2. The van der Waals surface area contributed by atoms with Crippen LogP contribution in [0.3, 0.4) is 0 Å². The molecule has 0 fully saturated rings. The van der Waals surface area contributed by atoms with Crippen LogP contribution in [0.15, 0.2) is 61.2 Å². The molecule has 0 spiro atoms. The van der Waals surface area contributed by atoms with E-state index in [-0.39, 0.29) is 6.61 Å². The van der Waals surface area contributed by atoms with E-state index in [0.29, 0.717) is 12.3 Å². The molecule has 0 saturated carbocycles. The topological polar surface area (TPSA) is 59.3 Å². The van der Waals surface area contributed by atoms with Crippen molar-refractivity contribution in [3.63, 3.8) is 0 Å². The lowest BCUT2D eigenvalue weighted by Gasteiger charge is -2.11. The number of ether oxygens (including phenoxy) is 1. The fraction of sp³-hybridized carbons (Fsp3) is 0.167. The minimum Gasteiger partial charge on any atom is -0.496 e. The first-order chi connectivity index (χ1) is 11.3. The van der Waals surface area contributed by atoms with E-state index in [9.17, 15) is 5.11 Å². The lowest BCUT2D eigenvalue weighted by molar-refractivity contribution is 0.274. The first-order valence-electron chi connectivity index (χ1n) is 7.39. The van der Waals surface area contributed by atoms with Gasteiger partial charge in [-0.1, -0.05) is 12.1 Å². The Labute approximate surface area is 135 Å². The maximum Gasteiger partial charge on any atom is 0.124 e. The molecule has 2 aromatic carbocycles. The van der Waals surface area contributed by atoms with Gasteiger partial charge in [-0.05, 0) is 35.9 Å². The molecule has 0 radical (unpaired) electrons. The summed E-state index contributed by atoms with van der Waals surface area (Å²) in [5.74, 6) is 0.697. The Morgan fingerprint density at radius 1 is 1.17 bits per heavy atom. The Balaban J connectivity index is 1.66. The Bertz CT molecular complexity index is 752. The highest BCUT2D eigenvalue weighted by Crippen LogP contribution is 2.23. The molecule has 0 atom stereocenters. The summed E-state index contributed by atoms with van der Waals surface area (Å²) >= 11 is 0. The second kappa shape index (κ2) is 6.98. The first-order valence-corrected chi connectivity index (χ1v) is 7.39. The van der Waals surface area contributed by atoms with Gasteiger partial charge in [-0.2, -0.15) is 0 Å². The summed E-state index contributed by atoms with van der Waals surface area (Å²) in [6.45, 7) is 0.666. The summed E-state index contributed by atoms with van der Waals surface area (Å²) in [7, 11) is 1.60. The van der Waals surface area contributed by atoms with Crippen molar-refractivity contribution < 1.29 is 9.84 Å². The second-order valence-electron chi connectivity index (χ2n) is 5.17. The summed E-state index contributed by atoms with van der Waals surface area (Å²) in [6.07, 6.45) is 5.46. The van der Waals surface area contributed by atoms with Crippen molar-refractivity contribution >= 4 is 5.69 Å². The monoisotopic (exact) mass is 309 g/mol. The van der Waals surface area contributed by atoms with Crippen LogP contribution in [-0.4, -0.2) is 21.8 Å². The largest absolute Gasteiger partial charge is 0.496 e. The fourth-order valence-corrected chi connectivity index (χ4v) is 2.41. The molecule has 0 amide bonds. The van der Waals surface area contributed by atoms with E-state index in [4.69, 9.17) is 4.74 Å². The lowest BCUT2D eigenvalue weighted by Crippen LogP contribution is -2.01. The van der Waals surface area contributed by atoms with Crippen LogP contribution in [0, 0.1) is 0 Å². The Morgan fingerprint density at radius 3 is 2.65 bits per heavy atom. The number of hydrogen-bond acceptors (Lipinski definition) is 4. The number of nitrogens with one attached hydrogen (secondary N) is 1. The van der Waals surface area contributed by atoms with E-state index in [1.165, 1.54) is 5.56 Å². The van der Waals surface area contributed by atoms with E-state index < -0.39 is 0 Å². The number of aliphatic hydroxyl groups excluding tert-OH is 1. The van der Waals surface area contributed by atoms with Gasteiger partial charge < -0.3 is 19.7 Å². The number of imidazole rings is 1. The highest BCUT2D eigenvalue weighted by molar-refractivity contribution is 5.51. The van der Waals surface area contributed by atoms with E-state index in [2.05, 4.69) is 34.6 Å². The summed E-state index contributed by atoms with van der Waals surface area (Å²) < 4.78 is 7.17. The molecule has 0 aliphatic heterocycles. The van der Waals surface area contributed by atoms with Crippen LogP contribution in [0.5, 0.6) is 5.75 Å². The number of aliphatic hydroxyl groups is 1. The van der Waals surface area contributed by atoms with Crippen molar-refractivity contribution in [2.24, 2.45) is 0 Å². The molecular weight excluding hydrogens is 290 g/mol. The molecule has 0 aliphatic carbocycles. The summed E-state index contributed by atoms with van der Waals surface area (Å²) in [5.41, 5.74) is 3.98. The number of benzene rings is 2. The lowest BCUT2D eigenvalue weighted by atomic mass is 10.1. The van der Waals surface area contributed by atoms with Gasteiger partial charge in [-0.25, -0.2) is 4.98 Å². The molecule has 3 rings (SSSR count). The number of anilines is 1.